The second-order valence-electron chi connectivity index (χ2n) is 11.1. The van der Waals surface area contributed by atoms with E-state index in [9.17, 15) is 10.2 Å². The Hall–Kier alpha value is -1.22. The molecule has 194 valence electrons. The molecule has 3 rings (SSSR count). The van der Waals surface area contributed by atoms with E-state index in [0.29, 0.717) is 39.1 Å². The highest BCUT2D eigenvalue weighted by molar-refractivity contribution is 5.26. The molecule has 0 unspecified atom stereocenters. The van der Waals surface area contributed by atoms with Crippen molar-refractivity contribution in [2.24, 2.45) is 16.7 Å². The molecule has 1 aromatic carbocycles. The summed E-state index contributed by atoms with van der Waals surface area (Å²) in [4.78, 5) is 0. The Morgan fingerprint density at radius 2 is 1.65 bits per heavy atom. The monoisotopic (exact) mass is 480 g/mol. The van der Waals surface area contributed by atoms with Gasteiger partial charge in [0.15, 0.2) is 0 Å². The van der Waals surface area contributed by atoms with Crippen molar-refractivity contribution >= 4 is 0 Å². The summed E-state index contributed by atoms with van der Waals surface area (Å²) in [5, 5.41) is 22.7. The lowest BCUT2D eigenvalue weighted by molar-refractivity contribution is -0.203. The van der Waals surface area contributed by atoms with Crippen LogP contribution < -0.4 is 4.74 Å². The largest absolute Gasteiger partial charge is 0.497 e. The topological polar surface area (TPSA) is 86.6 Å². The molecule has 7 nitrogen and oxygen atoms in total. The zero-order valence-electron chi connectivity index (χ0n) is 21.7. The Balaban J connectivity index is 1.90. The number of aliphatic hydroxyl groups excluding tert-OH is 1. The van der Waals surface area contributed by atoms with Crippen LogP contribution in [0.3, 0.4) is 0 Å². The maximum absolute atomic E-state index is 11.6. The van der Waals surface area contributed by atoms with Gasteiger partial charge in [0.1, 0.15) is 12.5 Å². The van der Waals surface area contributed by atoms with Crippen LogP contribution in [0.2, 0.25) is 0 Å². The fourth-order valence-corrected chi connectivity index (χ4v) is 5.86. The number of hydrogen-bond acceptors (Lipinski definition) is 7. The van der Waals surface area contributed by atoms with Gasteiger partial charge in [-0.3, -0.25) is 0 Å². The highest BCUT2D eigenvalue weighted by atomic mass is 16.7. The summed E-state index contributed by atoms with van der Waals surface area (Å²) in [6.07, 6.45) is 1.17. The third-order valence-corrected chi connectivity index (χ3v) is 8.32. The van der Waals surface area contributed by atoms with Crippen LogP contribution in [0, 0.1) is 16.7 Å². The first-order valence-electron chi connectivity index (χ1n) is 12.4. The first-order chi connectivity index (χ1) is 16.1. The first kappa shape index (κ1) is 27.4. The van der Waals surface area contributed by atoms with E-state index >= 15 is 0 Å². The number of methoxy groups -OCH3 is 2. The molecule has 0 spiro atoms. The zero-order chi connectivity index (χ0) is 25.0. The van der Waals surface area contributed by atoms with Crippen LogP contribution in [0.1, 0.15) is 58.9 Å². The molecule has 0 heterocycles. The fourth-order valence-electron chi connectivity index (χ4n) is 5.86. The van der Waals surface area contributed by atoms with Crippen molar-refractivity contribution in [3.05, 3.63) is 29.8 Å². The minimum absolute atomic E-state index is 0.00625. The maximum atomic E-state index is 11.6. The number of ether oxygens (including phenoxy) is 5. The van der Waals surface area contributed by atoms with Gasteiger partial charge in [0.2, 0.25) is 0 Å². The Bertz CT molecular complexity index is 763. The van der Waals surface area contributed by atoms with Gasteiger partial charge in [0, 0.05) is 12.5 Å². The van der Waals surface area contributed by atoms with Crippen molar-refractivity contribution in [3.8, 4) is 5.75 Å². The highest BCUT2D eigenvalue weighted by Gasteiger charge is 2.62. The van der Waals surface area contributed by atoms with E-state index in [2.05, 4.69) is 27.7 Å². The SMILES string of the molecule is COCCOCO[C@@H]1[C@H](OCc2ccc(OC)cc2)[C@H]2CC[C@@](O)([C@@H](O)CCC1(C)C)C2(C)C. The Kier molecular flexibility index (Phi) is 9.04. The minimum Gasteiger partial charge on any atom is -0.497 e. The third kappa shape index (κ3) is 5.61. The van der Waals surface area contributed by atoms with Crippen molar-refractivity contribution in [2.75, 3.05) is 34.2 Å². The molecule has 2 aliphatic carbocycles. The summed E-state index contributed by atoms with van der Waals surface area (Å²) in [5.41, 5.74) is -0.956. The van der Waals surface area contributed by atoms with Crippen LogP contribution >= 0.6 is 0 Å². The smallest absolute Gasteiger partial charge is 0.147 e. The molecule has 0 amide bonds. The fraction of sp³-hybridized carbons (Fsp3) is 0.778. The van der Waals surface area contributed by atoms with Crippen molar-refractivity contribution in [1.29, 1.82) is 0 Å². The van der Waals surface area contributed by atoms with Crippen LogP contribution in [-0.2, 0) is 25.6 Å². The van der Waals surface area contributed by atoms with E-state index in [-0.39, 0.29) is 30.3 Å². The van der Waals surface area contributed by atoms with Gasteiger partial charge in [-0.1, -0.05) is 39.8 Å². The summed E-state index contributed by atoms with van der Waals surface area (Å²) in [6, 6.07) is 7.86. The molecule has 0 saturated heterocycles. The molecule has 2 saturated carbocycles. The van der Waals surface area contributed by atoms with Crippen LogP contribution in [0.15, 0.2) is 24.3 Å². The van der Waals surface area contributed by atoms with E-state index in [0.717, 1.165) is 17.7 Å². The van der Waals surface area contributed by atoms with Gasteiger partial charge in [-0.2, -0.15) is 0 Å². The summed E-state index contributed by atoms with van der Waals surface area (Å²) >= 11 is 0. The van der Waals surface area contributed by atoms with Gasteiger partial charge in [-0.05, 0) is 54.7 Å². The number of rotatable bonds is 10. The number of fused-ring (bicyclic) bond motifs is 2. The van der Waals surface area contributed by atoms with Gasteiger partial charge in [-0.25, -0.2) is 0 Å². The second kappa shape index (κ2) is 11.2. The Labute approximate surface area is 204 Å². The maximum Gasteiger partial charge on any atom is 0.147 e. The van der Waals surface area contributed by atoms with Crippen molar-refractivity contribution < 1.29 is 33.9 Å². The average molecular weight is 481 g/mol. The Morgan fingerprint density at radius 1 is 0.941 bits per heavy atom. The zero-order valence-corrected chi connectivity index (χ0v) is 21.7. The van der Waals surface area contributed by atoms with Crippen molar-refractivity contribution in [2.45, 2.75) is 83.9 Å². The van der Waals surface area contributed by atoms with Crippen LogP contribution in [0.25, 0.3) is 0 Å². The molecule has 0 aliphatic heterocycles. The summed E-state index contributed by atoms with van der Waals surface area (Å²) in [5.74, 6) is 0.810. The molecule has 2 aliphatic rings. The molecular formula is C27H44O7. The first-order valence-corrected chi connectivity index (χ1v) is 12.4. The lowest BCUT2D eigenvalue weighted by Crippen LogP contribution is -2.54. The summed E-state index contributed by atoms with van der Waals surface area (Å²) in [6.45, 7) is 9.93. The second-order valence-corrected chi connectivity index (χ2v) is 11.1. The van der Waals surface area contributed by atoms with E-state index in [1.54, 1.807) is 14.2 Å². The highest BCUT2D eigenvalue weighted by Crippen LogP contribution is 2.57. The number of hydrogen-bond donors (Lipinski definition) is 2. The van der Waals surface area contributed by atoms with E-state index < -0.39 is 17.1 Å². The quantitative estimate of drug-likeness (QED) is 0.388. The van der Waals surface area contributed by atoms with Gasteiger partial charge < -0.3 is 33.9 Å². The predicted molar refractivity (Wildman–Crippen MR) is 130 cm³/mol. The Morgan fingerprint density at radius 3 is 2.29 bits per heavy atom. The normalized spacial score (nSPS) is 32.6. The van der Waals surface area contributed by atoms with Gasteiger partial charge in [0.05, 0.1) is 50.8 Å². The number of aliphatic hydroxyl groups is 2. The van der Waals surface area contributed by atoms with Crippen molar-refractivity contribution in [3.63, 3.8) is 0 Å². The molecule has 2 bridgehead atoms. The minimum atomic E-state index is -1.15. The van der Waals surface area contributed by atoms with Crippen LogP contribution in [-0.4, -0.2) is 68.4 Å². The van der Waals surface area contributed by atoms with E-state index in [4.69, 9.17) is 23.7 Å². The van der Waals surface area contributed by atoms with Crippen molar-refractivity contribution in [1.82, 2.24) is 0 Å². The van der Waals surface area contributed by atoms with Crippen LogP contribution in [0.4, 0.5) is 0 Å². The lowest BCUT2D eigenvalue weighted by Gasteiger charge is -2.46. The predicted octanol–water partition coefficient (Wildman–Crippen LogP) is 3.93. The number of benzene rings is 1. The van der Waals surface area contributed by atoms with E-state index in [1.807, 2.05) is 24.3 Å². The summed E-state index contributed by atoms with van der Waals surface area (Å²) in [7, 11) is 3.29. The van der Waals surface area contributed by atoms with Gasteiger partial charge >= 0.3 is 0 Å². The summed E-state index contributed by atoms with van der Waals surface area (Å²) < 4.78 is 29.1. The molecule has 5 atom stereocenters. The molecule has 2 N–H and O–H groups in total. The van der Waals surface area contributed by atoms with Gasteiger partial charge in [0.25, 0.3) is 0 Å². The standard InChI is InChI=1S/C27H44O7/c1-25(2)13-12-22(28)27(29)14-11-21(26(27,3)4)23(24(25)34-18-32-16-15-30-5)33-17-19-7-9-20(31-6)10-8-19/h7-10,21-24,28-29H,11-18H2,1-6H3/t21-,22+,23-,24-,27-/m1/s1. The molecule has 0 aromatic heterocycles. The molecule has 2 fully saturated rings. The average Bonchev–Trinajstić information content (AvgIpc) is 3.06. The molecular weight excluding hydrogens is 436 g/mol. The van der Waals surface area contributed by atoms with Gasteiger partial charge in [-0.15, -0.1) is 0 Å². The lowest BCUT2D eigenvalue weighted by atomic mass is 9.67. The molecule has 7 heteroatoms. The van der Waals surface area contributed by atoms with E-state index in [1.165, 1.54) is 0 Å². The molecule has 34 heavy (non-hydrogen) atoms. The third-order valence-electron chi connectivity index (χ3n) is 8.32. The molecule has 0 radical (unpaired) electrons. The van der Waals surface area contributed by atoms with Crippen LogP contribution in [0.5, 0.6) is 5.75 Å². The molecule has 1 aromatic rings.